The number of nitrogens with zero attached hydrogens (tertiary/aromatic N) is 7. The number of fused-ring (bicyclic) bond motifs is 1. The Morgan fingerprint density at radius 1 is 0.863 bits per heavy atom. The van der Waals surface area contributed by atoms with E-state index in [9.17, 15) is 31.1 Å². The highest BCUT2D eigenvalue weighted by Crippen LogP contribution is 2.40. The van der Waals surface area contributed by atoms with E-state index in [1.54, 1.807) is 6.92 Å². The van der Waals surface area contributed by atoms with Crippen LogP contribution in [0, 0.1) is 18.8 Å². The number of benzene rings is 1. The number of esters is 1. The Kier molecular flexibility index (Phi) is 9.70. The summed E-state index contributed by atoms with van der Waals surface area (Å²) in [6, 6.07) is 3.49. The Labute approximate surface area is 292 Å². The van der Waals surface area contributed by atoms with Gasteiger partial charge in [-0.15, -0.1) is 0 Å². The van der Waals surface area contributed by atoms with Gasteiger partial charge in [0.1, 0.15) is 5.82 Å². The van der Waals surface area contributed by atoms with Gasteiger partial charge >= 0.3 is 18.3 Å². The Hall–Kier alpha value is -4.43. The molecule has 0 aliphatic heterocycles. The first kappa shape index (κ1) is 36.4. The molecule has 0 bridgehead atoms. The molecule has 15 heteroatoms. The first-order valence-corrected chi connectivity index (χ1v) is 17.1. The van der Waals surface area contributed by atoms with Gasteiger partial charge in [0.15, 0.2) is 5.65 Å². The highest BCUT2D eigenvalue weighted by Gasteiger charge is 2.38. The number of carbonyl (C=O) groups is 1. The third kappa shape index (κ3) is 8.55. The molecule has 4 aromatic rings. The molecule has 2 aliphatic rings. The predicted molar refractivity (Wildman–Crippen MR) is 179 cm³/mol. The molecule has 0 amide bonds. The summed E-state index contributed by atoms with van der Waals surface area (Å²) < 4.78 is 90.2. The van der Waals surface area contributed by atoms with Gasteiger partial charge in [0.05, 0.1) is 34.5 Å². The molecule has 2 aliphatic carbocycles. The van der Waals surface area contributed by atoms with Crippen molar-refractivity contribution in [3.63, 3.8) is 0 Å². The topological polar surface area (TPSA) is 89.3 Å². The maximum Gasteiger partial charge on any atom is 0.416 e. The second kappa shape index (κ2) is 13.6. The van der Waals surface area contributed by atoms with Gasteiger partial charge in [-0.05, 0) is 102 Å². The Bertz CT molecular complexity index is 1850. The molecule has 0 saturated heterocycles. The van der Waals surface area contributed by atoms with E-state index in [2.05, 4.69) is 14.9 Å². The Morgan fingerprint density at radius 3 is 1.92 bits per heavy atom. The Morgan fingerprint density at radius 2 is 1.43 bits per heavy atom. The third-order valence-electron chi connectivity index (χ3n) is 9.00. The van der Waals surface area contributed by atoms with Crippen LogP contribution in [0.25, 0.3) is 11.0 Å². The van der Waals surface area contributed by atoms with Crippen molar-refractivity contribution in [1.82, 2.24) is 24.7 Å². The number of carbonyl (C=O) groups excluding carboxylic acids is 1. The molecular weight excluding hydrogens is 676 g/mol. The van der Waals surface area contributed by atoms with E-state index in [1.165, 1.54) is 17.3 Å². The summed E-state index contributed by atoms with van der Waals surface area (Å²) in [6.45, 7) is 10.9. The summed E-state index contributed by atoms with van der Waals surface area (Å²) in [5.41, 5.74) is -1.31. The lowest BCUT2D eigenvalue weighted by Gasteiger charge is -2.30. The van der Waals surface area contributed by atoms with Crippen molar-refractivity contribution >= 4 is 28.8 Å². The first-order valence-electron chi connectivity index (χ1n) is 17.1. The standard InChI is InChI=1S/C36H41F6N7O2/c1-6-51-32(50)26-15-43-33(44-16-26)48(19-24-11-27(35(37,38)39)14-28(12-24)36(40,41)42)20-25-13-29-21(2)46-49(34(3,4)5)31(29)45-30(25)47(17-22-7-8-22)18-23-9-10-23/h11-16,22-23H,6-10,17-20H2,1-5H3. The average Bonchev–Trinajstić information content (AvgIpc) is 3.99. The summed E-state index contributed by atoms with van der Waals surface area (Å²) in [4.78, 5) is 30.1. The van der Waals surface area contributed by atoms with Gasteiger partial charge < -0.3 is 14.5 Å². The number of halogens is 6. The predicted octanol–water partition coefficient (Wildman–Crippen LogP) is 8.33. The number of aromatic nitrogens is 5. The molecule has 0 atom stereocenters. The van der Waals surface area contributed by atoms with Crippen LogP contribution in [0.5, 0.6) is 0 Å². The fourth-order valence-corrected chi connectivity index (χ4v) is 6.08. The fourth-order valence-electron chi connectivity index (χ4n) is 6.08. The number of alkyl halides is 6. The molecule has 2 fully saturated rings. The van der Waals surface area contributed by atoms with E-state index < -0.39 is 41.5 Å². The van der Waals surface area contributed by atoms with Gasteiger partial charge in [-0.2, -0.15) is 31.4 Å². The van der Waals surface area contributed by atoms with E-state index >= 15 is 0 Å². The molecule has 9 nitrogen and oxygen atoms in total. The SMILES string of the molecule is CCOC(=O)c1cnc(N(Cc2cc(C(F)(F)F)cc(C(F)(F)F)c2)Cc2cc3c(C)nn(C(C)(C)C)c3nc2N(CC2CC2)CC2CC2)nc1. The largest absolute Gasteiger partial charge is 0.462 e. The second-order valence-electron chi connectivity index (χ2n) is 14.6. The molecule has 0 spiro atoms. The molecule has 51 heavy (non-hydrogen) atoms. The zero-order valence-corrected chi connectivity index (χ0v) is 29.2. The van der Waals surface area contributed by atoms with Crippen LogP contribution in [0.3, 0.4) is 0 Å². The zero-order valence-electron chi connectivity index (χ0n) is 29.2. The number of pyridine rings is 1. The fraction of sp³-hybridized carbons (Fsp3) is 0.528. The van der Waals surface area contributed by atoms with Crippen LogP contribution in [-0.2, 0) is 35.7 Å². The van der Waals surface area contributed by atoms with Crippen LogP contribution in [0.4, 0.5) is 38.1 Å². The Balaban J connectivity index is 1.49. The highest BCUT2D eigenvalue weighted by atomic mass is 19.4. The molecule has 6 rings (SSSR count). The highest BCUT2D eigenvalue weighted by molar-refractivity contribution is 5.88. The van der Waals surface area contributed by atoms with Crippen molar-refractivity contribution in [3.05, 3.63) is 70.2 Å². The van der Waals surface area contributed by atoms with E-state index in [4.69, 9.17) is 14.8 Å². The lowest BCUT2D eigenvalue weighted by atomic mass is 10.0. The van der Waals surface area contributed by atoms with Crippen LogP contribution in [0.1, 0.15) is 91.7 Å². The summed E-state index contributed by atoms with van der Waals surface area (Å²) in [6.07, 6.45) is -3.18. The van der Waals surface area contributed by atoms with E-state index in [0.717, 1.165) is 49.9 Å². The maximum absolute atomic E-state index is 13.9. The van der Waals surface area contributed by atoms with Crippen LogP contribution < -0.4 is 9.80 Å². The van der Waals surface area contributed by atoms with E-state index in [0.29, 0.717) is 41.0 Å². The minimum absolute atomic E-state index is 0.00175. The monoisotopic (exact) mass is 717 g/mol. The number of rotatable bonds is 12. The average molecular weight is 718 g/mol. The normalized spacial score (nSPS) is 15.4. The van der Waals surface area contributed by atoms with Crippen LogP contribution in [0.15, 0.2) is 36.7 Å². The third-order valence-corrected chi connectivity index (χ3v) is 9.00. The molecule has 1 aromatic carbocycles. The quantitative estimate of drug-likeness (QED) is 0.107. The van der Waals surface area contributed by atoms with Crippen molar-refractivity contribution in [1.29, 1.82) is 0 Å². The minimum atomic E-state index is -5.02. The summed E-state index contributed by atoms with van der Waals surface area (Å²) >= 11 is 0. The first-order chi connectivity index (χ1) is 23.9. The molecule has 3 heterocycles. The zero-order chi connectivity index (χ0) is 36.9. The number of hydrogen-bond donors (Lipinski definition) is 0. The van der Waals surface area contributed by atoms with Gasteiger partial charge in [-0.1, -0.05) is 0 Å². The van der Waals surface area contributed by atoms with Gasteiger partial charge in [0.2, 0.25) is 5.95 Å². The lowest BCUT2D eigenvalue weighted by molar-refractivity contribution is -0.143. The molecule has 274 valence electrons. The second-order valence-corrected chi connectivity index (χ2v) is 14.6. The van der Waals surface area contributed by atoms with Crippen LogP contribution in [-0.4, -0.2) is 50.4 Å². The smallest absolute Gasteiger partial charge is 0.416 e. The van der Waals surface area contributed by atoms with Gasteiger partial charge in [0, 0.05) is 49.5 Å². The van der Waals surface area contributed by atoms with Crippen molar-refractivity contribution in [2.75, 3.05) is 29.5 Å². The van der Waals surface area contributed by atoms with E-state index in [1.807, 2.05) is 38.4 Å². The maximum atomic E-state index is 13.9. The van der Waals surface area contributed by atoms with Crippen molar-refractivity contribution in [3.8, 4) is 0 Å². The summed E-state index contributed by atoms with van der Waals surface area (Å²) in [5, 5.41) is 5.58. The van der Waals surface area contributed by atoms with Gasteiger partial charge in [0.25, 0.3) is 0 Å². The van der Waals surface area contributed by atoms with Crippen molar-refractivity contribution in [2.45, 2.75) is 91.3 Å². The molecule has 2 saturated carbocycles. The van der Waals surface area contributed by atoms with E-state index in [-0.39, 0.29) is 36.3 Å². The van der Waals surface area contributed by atoms with Crippen LogP contribution >= 0.6 is 0 Å². The summed E-state index contributed by atoms with van der Waals surface area (Å²) in [5.74, 6) is 1.02. The molecular formula is C36H41F6N7O2. The van der Waals surface area contributed by atoms with Crippen molar-refractivity contribution < 1.29 is 35.9 Å². The number of aryl methyl sites for hydroxylation is 1. The molecule has 3 aromatic heterocycles. The van der Waals surface area contributed by atoms with Gasteiger partial charge in [-0.25, -0.2) is 24.4 Å². The number of anilines is 2. The minimum Gasteiger partial charge on any atom is -0.462 e. The molecule has 0 N–H and O–H groups in total. The van der Waals surface area contributed by atoms with Gasteiger partial charge in [-0.3, -0.25) is 0 Å². The van der Waals surface area contributed by atoms with Crippen LogP contribution in [0.2, 0.25) is 0 Å². The molecule has 0 radical (unpaired) electrons. The lowest BCUT2D eigenvalue weighted by Crippen LogP contribution is -2.32. The number of ether oxygens (including phenoxy) is 1. The number of hydrogen-bond acceptors (Lipinski definition) is 8. The van der Waals surface area contributed by atoms with Crippen molar-refractivity contribution in [2.24, 2.45) is 11.8 Å². The summed E-state index contributed by atoms with van der Waals surface area (Å²) in [7, 11) is 0. The molecule has 0 unspecified atom stereocenters.